The predicted molar refractivity (Wildman–Crippen MR) is 128 cm³/mol. The highest BCUT2D eigenvalue weighted by Gasteiger charge is 2.12. The lowest BCUT2D eigenvalue weighted by Gasteiger charge is -2.11. The van der Waals surface area contributed by atoms with Crippen molar-refractivity contribution >= 4 is 23.3 Å². The van der Waals surface area contributed by atoms with Crippen LogP contribution in [0.5, 0.6) is 11.6 Å². The summed E-state index contributed by atoms with van der Waals surface area (Å²) in [5.41, 5.74) is -0.999. The predicted octanol–water partition coefficient (Wildman–Crippen LogP) is 3.07. The van der Waals surface area contributed by atoms with Gasteiger partial charge in [-0.05, 0) is 35.9 Å². The average Bonchev–Trinajstić information content (AvgIpc) is 2.85. The molecule has 0 aliphatic carbocycles. The zero-order chi connectivity index (χ0) is 25.7. The molecule has 4 rings (SSSR count). The first-order chi connectivity index (χ1) is 17.3. The quantitative estimate of drug-likeness (QED) is 0.374. The molecule has 0 aliphatic rings. The molecule has 0 saturated heterocycles. The smallest absolute Gasteiger partial charge is 0.335 e. The fourth-order valence-corrected chi connectivity index (χ4v) is 3.37. The Morgan fingerprint density at radius 2 is 1.89 bits per heavy atom. The molecule has 0 amide bonds. The summed E-state index contributed by atoms with van der Waals surface area (Å²) in [7, 11) is 0. The minimum Gasteiger partial charge on any atom is -0.481 e. The summed E-state index contributed by atoms with van der Waals surface area (Å²) in [4.78, 5) is 47.4. The lowest BCUT2D eigenvalue weighted by Crippen LogP contribution is -2.50. The number of nitrogens with zero attached hydrogens (tertiary/aromatic N) is 4. The van der Waals surface area contributed by atoms with Gasteiger partial charge in [-0.15, -0.1) is 0 Å². The Balaban J connectivity index is 1.77. The normalized spacial score (nSPS) is 11.4. The number of nitrogens with one attached hydrogen (secondary N) is 1. The van der Waals surface area contributed by atoms with Crippen LogP contribution in [0.15, 0.2) is 81.4 Å². The molecule has 0 aliphatic heterocycles. The van der Waals surface area contributed by atoms with Crippen LogP contribution in [0.2, 0.25) is 5.02 Å². The van der Waals surface area contributed by atoms with E-state index in [0.717, 1.165) is 15.2 Å². The molecule has 184 valence electrons. The van der Waals surface area contributed by atoms with Crippen molar-refractivity contribution in [2.24, 2.45) is 4.99 Å². The maximum atomic E-state index is 14.7. The molecule has 0 saturated carbocycles. The van der Waals surface area contributed by atoms with Gasteiger partial charge in [0, 0.05) is 29.9 Å². The van der Waals surface area contributed by atoms with Crippen LogP contribution in [0.4, 0.5) is 10.1 Å². The van der Waals surface area contributed by atoms with E-state index in [1.165, 1.54) is 18.3 Å². The molecule has 12 heteroatoms. The Kier molecular flexibility index (Phi) is 7.40. The van der Waals surface area contributed by atoms with Crippen LogP contribution in [0.25, 0.3) is 0 Å². The maximum Gasteiger partial charge on any atom is 0.335 e. The number of H-pyrrole nitrogens is 1. The molecule has 0 bridgehead atoms. The van der Waals surface area contributed by atoms with Crippen molar-refractivity contribution in [2.75, 3.05) is 0 Å². The molecule has 2 aromatic heterocycles. The molecule has 0 fully saturated rings. The van der Waals surface area contributed by atoms with Crippen LogP contribution < -0.4 is 21.7 Å². The second kappa shape index (κ2) is 10.8. The highest BCUT2D eigenvalue weighted by atomic mass is 35.5. The summed E-state index contributed by atoms with van der Waals surface area (Å²) in [5.74, 6) is -1.78. The third kappa shape index (κ3) is 5.94. The van der Waals surface area contributed by atoms with Gasteiger partial charge in [0.15, 0.2) is 11.6 Å². The van der Waals surface area contributed by atoms with Gasteiger partial charge >= 0.3 is 17.3 Å². The zero-order valence-corrected chi connectivity index (χ0v) is 19.4. The number of rotatable bonds is 8. The van der Waals surface area contributed by atoms with Crippen molar-refractivity contribution in [3.8, 4) is 11.6 Å². The highest BCUT2D eigenvalue weighted by Crippen LogP contribution is 2.26. The lowest BCUT2D eigenvalue weighted by molar-refractivity contribution is -0.137. The van der Waals surface area contributed by atoms with Gasteiger partial charge in [-0.2, -0.15) is 0 Å². The van der Waals surface area contributed by atoms with Gasteiger partial charge in [0.1, 0.15) is 0 Å². The molecule has 0 unspecified atom stereocenters. The number of carboxylic acids is 1. The molecule has 2 aromatic carbocycles. The highest BCUT2D eigenvalue weighted by molar-refractivity contribution is 6.30. The Morgan fingerprint density at radius 3 is 2.56 bits per heavy atom. The van der Waals surface area contributed by atoms with Crippen molar-refractivity contribution in [1.29, 1.82) is 0 Å². The molecule has 0 spiro atoms. The Hall–Kier alpha value is -4.51. The summed E-state index contributed by atoms with van der Waals surface area (Å²) >= 11 is 5.94. The topological polar surface area (TPSA) is 132 Å². The summed E-state index contributed by atoms with van der Waals surface area (Å²) in [5, 5.41) is 9.46. The summed E-state index contributed by atoms with van der Waals surface area (Å²) in [6, 6.07) is 15.5. The van der Waals surface area contributed by atoms with E-state index in [-0.39, 0.29) is 36.0 Å². The summed E-state index contributed by atoms with van der Waals surface area (Å²) < 4.78 is 22.0. The van der Waals surface area contributed by atoms with Crippen LogP contribution in [-0.2, 0) is 17.9 Å². The van der Waals surface area contributed by atoms with Crippen molar-refractivity contribution in [3.05, 3.63) is 110 Å². The van der Waals surface area contributed by atoms with Gasteiger partial charge in [-0.25, -0.2) is 28.5 Å². The van der Waals surface area contributed by atoms with Crippen LogP contribution in [0.1, 0.15) is 12.0 Å². The van der Waals surface area contributed by atoms with Crippen molar-refractivity contribution in [3.63, 3.8) is 0 Å². The first kappa shape index (κ1) is 24.6. The Bertz CT molecular complexity index is 1580. The van der Waals surface area contributed by atoms with Crippen LogP contribution in [-0.4, -0.2) is 30.2 Å². The number of carbonyl (C=O) groups is 1. The van der Waals surface area contributed by atoms with E-state index in [4.69, 9.17) is 21.4 Å². The SMILES string of the molecule is O=C(O)CCn1c(=O)[nH]/c(=N\c2ccc(Oc3ccccn3)c(F)c2)n(Cc2ccc(Cl)cc2)c1=O. The van der Waals surface area contributed by atoms with Crippen molar-refractivity contribution in [1.82, 2.24) is 19.1 Å². The Labute approximate surface area is 207 Å². The minimum atomic E-state index is -1.16. The first-order valence-corrected chi connectivity index (χ1v) is 11.0. The van der Waals surface area contributed by atoms with E-state index < -0.39 is 29.6 Å². The number of hydrogen-bond donors (Lipinski definition) is 2. The maximum absolute atomic E-state index is 14.7. The fraction of sp³-hybridized carbons (Fsp3) is 0.125. The molecule has 10 nitrogen and oxygen atoms in total. The second-order valence-corrected chi connectivity index (χ2v) is 7.98. The number of pyridine rings is 1. The van der Waals surface area contributed by atoms with Crippen molar-refractivity contribution in [2.45, 2.75) is 19.5 Å². The lowest BCUT2D eigenvalue weighted by atomic mass is 10.2. The third-order valence-electron chi connectivity index (χ3n) is 4.99. The summed E-state index contributed by atoms with van der Waals surface area (Å²) in [6.45, 7) is -0.347. The fourth-order valence-electron chi connectivity index (χ4n) is 3.25. The first-order valence-electron chi connectivity index (χ1n) is 10.6. The standard InChI is InChI=1S/C24H19ClFN5O5/c25-16-6-4-15(5-7-16)14-31-22(29-23(34)30(24(31)35)12-10-21(32)33)28-17-8-9-19(18(26)13-17)36-20-3-1-2-11-27-20/h1-9,11,13H,10,12,14H2,(H,32,33)(H,28,29,34). The number of carboxylic acid groups (broad SMARTS) is 1. The van der Waals surface area contributed by atoms with Gasteiger partial charge in [0.2, 0.25) is 11.5 Å². The van der Waals surface area contributed by atoms with Crippen LogP contribution in [0.3, 0.4) is 0 Å². The van der Waals surface area contributed by atoms with Gasteiger partial charge < -0.3 is 9.84 Å². The van der Waals surface area contributed by atoms with Gasteiger partial charge in [-0.1, -0.05) is 29.8 Å². The van der Waals surface area contributed by atoms with Crippen LogP contribution >= 0.6 is 11.6 Å². The molecule has 4 aromatic rings. The number of hydrogen-bond acceptors (Lipinski definition) is 6. The molecule has 0 radical (unpaired) electrons. The third-order valence-corrected chi connectivity index (χ3v) is 5.24. The van der Waals surface area contributed by atoms with E-state index >= 15 is 0 Å². The monoisotopic (exact) mass is 511 g/mol. The molecule has 2 N–H and O–H groups in total. The second-order valence-electron chi connectivity index (χ2n) is 7.54. The molecular formula is C24H19ClFN5O5. The van der Waals surface area contributed by atoms with Gasteiger partial charge in [0.05, 0.1) is 18.7 Å². The number of benzene rings is 2. The number of aromatic amines is 1. The molecule has 36 heavy (non-hydrogen) atoms. The molecule has 2 heterocycles. The van der Waals surface area contributed by atoms with Gasteiger partial charge in [-0.3, -0.25) is 14.3 Å². The van der Waals surface area contributed by atoms with Crippen LogP contribution in [0, 0.1) is 5.82 Å². The summed E-state index contributed by atoms with van der Waals surface area (Å²) in [6.07, 6.45) is 1.08. The van der Waals surface area contributed by atoms with E-state index in [9.17, 15) is 18.8 Å². The van der Waals surface area contributed by atoms with Gasteiger partial charge in [0.25, 0.3) is 0 Å². The number of aliphatic carboxylic acids is 1. The molecular weight excluding hydrogens is 493 g/mol. The zero-order valence-electron chi connectivity index (χ0n) is 18.6. The van der Waals surface area contributed by atoms with E-state index in [1.807, 2.05) is 0 Å². The number of ether oxygens (including phenoxy) is 1. The van der Waals surface area contributed by atoms with E-state index in [2.05, 4.69) is 15.0 Å². The van der Waals surface area contributed by atoms with E-state index in [1.54, 1.807) is 42.5 Å². The van der Waals surface area contributed by atoms with E-state index in [0.29, 0.717) is 10.6 Å². The number of halogens is 2. The number of aromatic nitrogens is 4. The van der Waals surface area contributed by atoms with Crippen molar-refractivity contribution < 1.29 is 19.0 Å². The molecule has 0 atom stereocenters. The minimum absolute atomic E-state index is 0.0119. The average molecular weight is 512 g/mol. The largest absolute Gasteiger partial charge is 0.481 e. The Morgan fingerprint density at radius 1 is 1.11 bits per heavy atom.